The fraction of sp³-hybridized carbons (Fsp3) is 0.269. The molecule has 0 aliphatic carbocycles. The second kappa shape index (κ2) is 11.6. The first-order valence-corrected chi connectivity index (χ1v) is 11.6. The molecule has 208 valence electrons. The number of likely N-dealkylation sites (N-methyl/N-ethyl adjacent to an activating group) is 1. The van der Waals surface area contributed by atoms with Gasteiger partial charge in [0.25, 0.3) is 0 Å². The highest BCUT2D eigenvalue weighted by molar-refractivity contribution is 6.02. The van der Waals surface area contributed by atoms with Gasteiger partial charge in [-0.25, -0.2) is 14.4 Å². The fourth-order valence-corrected chi connectivity index (χ4v) is 3.74. The van der Waals surface area contributed by atoms with Crippen molar-refractivity contribution < 1.29 is 27.1 Å². The fourth-order valence-electron chi connectivity index (χ4n) is 3.74. The lowest BCUT2D eigenvalue weighted by atomic mass is 10.1. The van der Waals surface area contributed by atoms with E-state index in [0.717, 1.165) is 18.2 Å². The Hall–Kier alpha value is -4.39. The van der Waals surface area contributed by atoms with Gasteiger partial charge < -0.3 is 31.3 Å². The zero-order chi connectivity index (χ0) is 29.0. The molecule has 0 atom stereocenters. The molecule has 0 aliphatic rings. The number of anilines is 6. The number of nitrogens with two attached hydrogens (primary N) is 1. The second-order valence-corrected chi connectivity index (χ2v) is 9.37. The van der Waals surface area contributed by atoms with Crippen molar-refractivity contribution in [3.05, 3.63) is 66.8 Å². The Kier molecular flexibility index (Phi) is 8.64. The third kappa shape index (κ3) is 8.04. The Morgan fingerprint density at radius 3 is 2.33 bits per heavy atom. The van der Waals surface area contributed by atoms with Gasteiger partial charge in [-0.15, -0.1) is 0 Å². The van der Waals surface area contributed by atoms with Gasteiger partial charge in [-0.2, -0.15) is 13.2 Å². The summed E-state index contributed by atoms with van der Waals surface area (Å²) in [4.78, 5) is 22.1. The van der Waals surface area contributed by atoms with Crippen molar-refractivity contribution in [2.45, 2.75) is 25.6 Å². The van der Waals surface area contributed by atoms with Crippen LogP contribution in [-0.2, 0) is 11.0 Å². The van der Waals surface area contributed by atoms with Crippen molar-refractivity contribution in [1.29, 1.82) is 0 Å². The van der Waals surface area contributed by atoms with E-state index in [9.17, 15) is 22.4 Å². The summed E-state index contributed by atoms with van der Waals surface area (Å²) in [7, 11) is 3.29. The minimum atomic E-state index is -4.72. The van der Waals surface area contributed by atoms with Gasteiger partial charge in [0.15, 0.2) is 0 Å². The molecule has 9 nitrogen and oxygen atoms in total. The lowest BCUT2D eigenvalue weighted by Gasteiger charge is -2.30. The van der Waals surface area contributed by atoms with Gasteiger partial charge in [0, 0.05) is 37.0 Å². The molecular formula is C26H29F4N7O2. The molecule has 0 fully saturated rings. The van der Waals surface area contributed by atoms with Crippen molar-refractivity contribution in [3.8, 4) is 5.75 Å². The van der Waals surface area contributed by atoms with Crippen LogP contribution in [0.25, 0.3) is 0 Å². The first kappa shape index (κ1) is 29.2. The Morgan fingerprint density at radius 2 is 1.74 bits per heavy atom. The van der Waals surface area contributed by atoms with Crippen LogP contribution in [0.1, 0.15) is 19.4 Å². The summed E-state index contributed by atoms with van der Waals surface area (Å²) in [6, 6.07) is 6.85. The van der Waals surface area contributed by atoms with Crippen LogP contribution in [0.4, 0.5) is 51.9 Å². The normalized spacial score (nSPS) is 11.5. The number of benzene rings is 2. The molecule has 0 saturated heterocycles. The van der Waals surface area contributed by atoms with Crippen molar-refractivity contribution in [3.63, 3.8) is 0 Å². The van der Waals surface area contributed by atoms with E-state index in [4.69, 9.17) is 10.5 Å². The first-order chi connectivity index (χ1) is 18.2. The average molecular weight is 548 g/mol. The first-order valence-electron chi connectivity index (χ1n) is 11.6. The van der Waals surface area contributed by atoms with Gasteiger partial charge in [-0.1, -0.05) is 6.58 Å². The van der Waals surface area contributed by atoms with Crippen LogP contribution in [0.2, 0.25) is 0 Å². The molecule has 0 bridgehead atoms. The summed E-state index contributed by atoms with van der Waals surface area (Å²) in [6.45, 7) is 7.68. The largest absolute Gasteiger partial charge is 0.494 e. The zero-order valence-electron chi connectivity index (χ0n) is 21.8. The Bertz CT molecular complexity index is 1360. The van der Waals surface area contributed by atoms with Gasteiger partial charge >= 0.3 is 6.18 Å². The highest BCUT2D eigenvalue weighted by Gasteiger charge is 2.31. The molecular weight excluding hydrogens is 518 g/mol. The van der Waals surface area contributed by atoms with Crippen LogP contribution in [-0.4, -0.2) is 42.1 Å². The lowest BCUT2D eigenvalue weighted by Crippen LogP contribution is -2.44. The summed E-state index contributed by atoms with van der Waals surface area (Å²) in [5.74, 6) is -0.747. The number of hydrogen-bond acceptors (Lipinski definition) is 8. The van der Waals surface area contributed by atoms with Gasteiger partial charge in [-0.3, -0.25) is 4.79 Å². The summed E-state index contributed by atoms with van der Waals surface area (Å²) in [5, 5.41) is 8.47. The second-order valence-electron chi connectivity index (χ2n) is 9.37. The SMILES string of the molecule is C=CC(=O)Nc1cc(Nc2cc(Nc3cc(F)cc(C(F)(F)F)c3)ncn2)c(OC)cc1N(C)CC(C)(C)N. The van der Waals surface area contributed by atoms with E-state index in [1.807, 2.05) is 25.8 Å². The molecule has 0 radical (unpaired) electrons. The van der Waals surface area contributed by atoms with Crippen molar-refractivity contribution in [1.82, 2.24) is 9.97 Å². The number of rotatable bonds is 10. The Morgan fingerprint density at radius 1 is 1.08 bits per heavy atom. The summed E-state index contributed by atoms with van der Waals surface area (Å²) in [6.07, 6.45) is -2.41. The van der Waals surface area contributed by atoms with Crippen LogP contribution in [0.5, 0.6) is 5.75 Å². The molecule has 5 N–H and O–H groups in total. The van der Waals surface area contributed by atoms with E-state index in [0.29, 0.717) is 35.4 Å². The van der Waals surface area contributed by atoms with Gasteiger partial charge in [0.05, 0.1) is 29.7 Å². The number of halogens is 4. The summed E-state index contributed by atoms with van der Waals surface area (Å²) < 4.78 is 58.6. The molecule has 13 heteroatoms. The molecule has 3 aromatic rings. The van der Waals surface area contributed by atoms with E-state index in [-0.39, 0.29) is 17.3 Å². The highest BCUT2D eigenvalue weighted by atomic mass is 19.4. The van der Waals surface area contributed by atoms with E-state index < -0.39 is 29.0 Å². The number of nitrogens with zero attached hydrogens (tertiary/aromatic N) is 3. The number of hydrogen-bond donors (Lipinski definition) is 4. The third-order valence-corrected chi connectivity index (χ3v) is 5.24. The molecule has 2 aromatic carbocycles. The standard InChI is InChI=1S/C26H29F4N7O2/c1-6-24(38)36-18-10-19(21(39-5)11-20(18)37(4)13-25(2,3)31)35-23-12-22(32-14-33-23)34-17-8-15(26(28,29)30)7-16(27)9-17/h6-12,14H,1,13,31H2,2-5H3,(H,36,38)(H2,32,33,34,35). The molecule has 0 aliphatic heterocycles. The Labute approximate surface area is 223 Å². The quantitative estimate of drug-likeness (QED) is 0.196. The number of nitrogens with one attached hydrogen (secondary N) is 3. The minimum Gasteiger partial charge on any atom is -0.494 e. The molecule has 0 saturated carbocycles. The summed E-state index contributed by atoms with van der Waals surface area (Å²) >= 11 is 0. The van der Waals surface area contributed by atoms with E-state index in [1.165, 1.54) is 19.5 Å². The van der Waals surface area contributed by atoms with Crippen LogP contribution in [0.3, 0.4) is 0 Å². The van der Waals surface area contributed by atoms with E-state index in [1.54, 1.807) is 12.1 Å². The number of amides is 1. The number of alkyl halides is 3. The number of methoxy groups -OCH3 is 1. The molecule has 3 rings (SSSR count). The number of carbonyl (C=O) groups is 1. The van der Waals surface area contributed by atoms with Crippen LogP contribution in [0, 0.1) is 5.82 Å². The predicted octanol–water partition coefficient (Wildman–Crippen LogP) is 5.43. The van der Waals surface area contributed by atoms with Gasteiger partial charge in [-0.05, 0) is 44.2 Å². The molecule has 1 amide bonds. The zero-order valence-corrected chi connectivity index (χ0v) is 21.8. The van der Waals surface area contributed by atoms with Crippen molar-refractivity contribution >= 4 is 40.3 Å². The minimum absolute atomic E-state index is 0.104. The molecule has 0 spiro atoms. The average Bonchev–Trinajstić information content (AvgIpc) is 2.82. The molecule has 1 aromatic heterocycles. The number of aromatic nitrogens is 2. The lowest BCUT2D eigenvalue weighted by molar-refractivity contribution is -0.137. The van der Waals surface area contributed by atoms with E-state index >= 15 is 0 Å². The van der Waals surface area contributed by atoms with Gasteiger partial charge in [0.1, 0.15) is 29.5 Å². The smallest absolute Gasteiger partial charge is 0.416 e. The monoisotopic (exact) mass is 547 g/mol. The molecule has 39 heavy (non-hydrogen) atoms. The maximum Gasteiger partial charge on any atom is 0.416 e. The predicted molar refractivity (Wildman–Crippen MR) is 143 cm³/mol. The molecule has 0 unspecified atom stereocenters. The number of carbonyl (C=O) groups excluding carboxylic acids is 1. The van der Waals surface area contributed by atoms with Crippen LogP contribution < -0.4 is 31.3 Å². The van der Waals surface area contributed by atoms with Crippen LogP contribution in [0.15, 0.2) is 55.4 Å². The third-order valence-electron chi connectivity index (χ3n) is 5.24. The Balaban J connectivity index is 1.95. The maximum absolute atomic E-state index is 13.8. The topological polar surface area (TPSA) is 117 Å². The van der Waals surface area contributed by atoms with Crippen molar-refractivity contribution in [2.75, 3.05) is 41.6 Å². The maximum atomic E-state index is 13.8. The number of ether oxygens (including phenoxy) is 1. The van der Waals surface area contributed by atoms with E-state index in [2.05, 4.69) is 32.5 Å². The van der Waals surface area contributed by atoms with Gasteiger partial charge in [0.2, 0.25) is 5.91 Å². The summed E-state index contributed by atoms with van der Waals surface area (Å²) in [5.41, 5.74) is 5.83. The highest BCUT2D eigenvalue weighted by Crippen LogP contribution is 2.39. The van der Waals surface area contributed by atoms with Crippen molar-refractivity contribution in [2.24, 2.45) is 5.73 Å². The molecule has 1 heterocycles. The van der Waals surface area contributed by atoms with Crippen LogP contribution >= 0.6 is 0 Å².